The molecule has 2 rings (SSSR count). The molecule has 1 aliphatic rings. The lowest BCUT2D eigenvalue weighted by molar-refractivity contribution is -0.143. The van der Waals surface area contributed by atoms with Gasteiger partial charge in [-0.25, -0.2) is 9.59 Å². The van der Waals surface area contributed by atoms with E-state index in [2.05, 4.69) is 26.6 Å². The van der Waals surface area contributed by atoms with E-state index in [4.69, 9.17) is 9.47 Å². The lowest BCUT2D eigenvalue weighted by Crippen LogP contribution is -2.42. The Balaban J connectivity index is 1.79. The number of carbonyl (C=O) groups is 3. The number of hydrogen-bond donors (Lipinski definition) is 2. The second-order valence-corrected chi connectivity index (χ2v) is 6.04. The van der Waals surface area contributed by atoms with E-state index in [1.165, 1.54) is 19.3 Å². The molecule has 1 saturated carbocycles. The highest BCUT2D eigenvalue weighted by Gasteiger charge is 2.23. The molecule has 0 heterocycles. The van der Waals surface area contributed by atoms with Crippen LogP contribution in [0.15, 0.2) is 28.7 Å². The molecule has 0 aromatic heterocycles. The van der Waals surface area contributed by atoms with Gasteiger partial charge in [-0.05, 0) is 37.1 Å². The first kappa shape index (κ1) is 18.0. The van der Waals surface area contributed by atoms with Crippen LogP contribution in [0.1, 0.15) is 18.4 Å². The molecule has 1 aromatic rings. The topological polar surface area (TPSA) is 93.7 Å². The quantitative estimate of drug-likeness (QED) is 0.566. The van der Waals surface area contributed by atoms with Crippen molar-refractivity contribution in [2.45, 2.75) is 18.9 Å². The van der Waals surface area contributed by atoms with Gasteiger partial charge in [-0.15, -0.1) is 0 Å². The summed E-state index contributed by atoms with van der Waals surface area (Å²) in [5.41, 5.74) is 0.678. The molecule has 0 bridgehead atoms. The highest BCUT2D eigenvalue weighted by Crippen LogP contribution is 2.24. The minimum atomic E-state index is -0.699. The maximum absolute atomic E-state index is 11.6. The Morgan fingerprint density at radius 2 is 2.08 bits per heavy atom. The number of hydrogen-bond acceptors (Lipinski definition) is 5. The third-order valence-corrected chi connectivity index (χ3v) is 3.60. The lowest BCUT2D eigenvalue weighted by atomic mass is 10.2. The third kappa shape index (κ3) is 6.04. The predicted molar refractivity (Wildman–Crippen MR) is 90.4 cm³/mol. The van der Waals surface area contributed by atoms with Crippen LogP contribution in [-0.4, -0.2) is 37.7 Å². The number of nitrogens with one attached hydrogen (secondary N) is 2. The zero-order valence-electron chi connectivity index (χ0n) is 13.0. The second-order valence-electron chi connectivity index (χ2n) is 5.12. The molecule has 24 heavy (non-hydrogen) atoms. The Hall–Kier alpha value is -2.35. The summed E-state index contributed by atoms with van der Waals surface area (Å²) >= 11 is 3.33. The maximum atomic E-state index is 11.6. The first-order valence-electron chi connectivity index (χ1n) is 7.26. The van der Waals surface area contributed by atoms with Crippen molar-refractivity contribution in [3.05, 3.63) is 34.3 Å². The minimum Gasteiger partial charge on any atom is -0.496 e. The summed E-state index contributed by atoms with van der Waals surface area (Å²) in [4.78, 5) is 34.5. The van der Waals surface area contributed by atoms with Crippen molar-refractivity contribution in [2.75, 3.05) is 13.7 Å². The zero-order valence-corrected chi connectivity index (χ0v) is 14.6. The van der Waals surface area contributed by atoms with Crippen molar-refractivity contribution in [2.24, 2.45) is 0 Å². The van der Waals surface area contributed by atoms with Gasteiger partial charge in [0.25, 0.3) is 5.91 Å². The van der Waals surface area contributed by atoms with Crippen LogP contribution in [0.3, 0.4) is 0 Å². The summed E-state index contributed by atoms with van der Waals surface area (Å²) in [5, 5.41) is 4.68. The molecule has 0 atom stereocenters. The Bertz CT molecular complexity index is 670. The first-order valence-corrected chi connectivity index (χ1v) is 8.06. The molecular formula is C16H17BrN2O5. The fourth-order valence-corrected chi connectivity index (χ4v) is 2.17. The molecule has 1 aliphatic carbocycles. The second kappa shape index (κ2) is 8.49. The zero-order chi connectivity index (χ0) is 17.5. The van der Waals surface area contributed by atoms with Gasteiger partial charge in [0.2, 0.25) is 0 Å². The molecule has 0 aliphatic heterocycles. The predicted octanol–water partition coefficient (Wildman–Crippen LogP) is 2.00. The van der Waals surface area contributed by atoms with E-state index >= 15 is 0 Å². The Morgan fingerprint density at radius 1 is 1.33 bits per heavy atom. The van der Waals surface area contributed by atoms with E-state index in [9.17, 15) is 14.4 Å². The van der Waals surface area contributed by atoms with Crippen LogP contribution in [-0.2, 0) is 14.3 Å². The van der Waals surface area contributed by atoms with Crippen LogP contribution in [0, 0.1) is 0 Å². The van der Waals surface area contributed by atoms with Gasteiger partial charge in [-0.3, -0.25) is 10.1 Å². The number of halogens is 1. The van der Waals surface area contributed by atoms with Gasteiger partial charge in [0.05, 0.1) is 7.11 Å². The lowest BCUT2D eigenvalue weighted by Gasteiger charge is -2.06. The highest BCUT2D eigenvalue weighted by molar-refractivity contribution is 9.10. The fourth-order valence-electron chi connectivity index (χ4n) is 1.79. The van der Waals surface area contributed by atoms with Gasteiger partial charge in [-0.2, -0.15) is 0 Å². The number of amides is 3. The Kier molecular flexibility index (Phi) is 6.36. The SMILES string of the molecule is COc1ccc(Br)cc1/C=C/C(=O)OCC(=O)NC(=O)NC1CC1. The van der Waals surface area contributed by atoms with Gasteiger partial charge < -0.3 is 14.8 Å². The summed E-state index contributed by atoms with van der Waals surface area (Å²) in [6.45, 7) is -0.531. The van der Waals surface area contributed by atoms with Crippen LogP contribution in [0.4, 0.5) is 4.79 Å². The molecule has 7 nitrogen and oxygen atoms in total. The molecule has 0 saturated heterocycles. The van der Waals surface area contributed by atoms with E-state index in [0.717, 1.165) is 17.3 Å². The number of methoxy groups -OCH3 is 1. The van der Waals surface area contributed by atoms with Crippen LogP contribution in [0.5, 0.6) is 5.75 Å². The number of imide groups is 1. The standard InChI is InChI=1S/C16H17BrN2O5/c1-23-13-6-3-11(17)8-10(13)2-7-15(21)24-9-14(20)19-16(22)18-12-4-5-12/h2-3,6-8,12H,4-5,9H2,1H3,(H2,18,19,20,22)/b7-2+. The molecule has 128 valence electrons. The molecule has 1 fully saturated rings. The molecule has 2 N–H and O–H groups in total. The molecule has 0 unspecified atom stereocenters. The number of ether oxygens (including phenoxy) is 2. The van der Waals surface area contributed by atoms with Crippen molar-refractivity contribution >= 4 is 39.9 Å². The van der Waals surface area contributed by atoms with E-state index in [1.54, 1.807) is 12.1 Å². The van der Waals surface area contributed by atoms with Crippen molar-refractivity contribution in [1.82, 2.24) is 10.6 Å². The normalized spacial score (nSPS) is 13.4. The summed E-state index contributed by atoms with van der Waals surface area (Å²) in [5.74, 6) is -0.790. The first-order chi connectivity index (χ1) is 11.5. The van der Waals surface area contributed by atoms with Crippen molar-refractivity contribution < 1.29 is 23.9 Å². The number of benzene rings is 1. The van der Waals surface area contributed by atoms with Crippen LogP contribution >= 0.6 is 15.9 Å². The van der Waals surface area contributed by atoms with Crippen LogP contribution in [0.2, 0.25) is 0 Å². The summed E-state index contributed by atoms with van der Waals surface area (Å²) < 4.78 is 10.8. The number of carbonyl (C=O) groups excluding carboxylic acids is 3. The Labute approximate surface area is 147 Å². The number of urea groups is 1. The smallest absolute Gasteiger partial charge is 0.331 e. The largest absolute Gasteiger partial charge is 0.496 e. The van der Waals surface area contributed by atoms with Gasteiger partial charge in [0, 0.05) is 22.2 Å². The molecule has 0 radical (unpaired) electrons. The van der Waals surface area contributed by atoms with E-state index in [0.29, 0.717) is 11.3 Å². The average Bonchev–Trinajstić information content (AvgIpc) is 3.34. The molecule has 1 aromatic carbocycles. The van der Waals surface area contributed by atoms with E-state index < -0.39 is 24.5 Å². The summed E-state index contributed by atoms with van der Waals surface area (Å²) in [7, 11) is 1.52. The van der Waals surface area contributed by atoms with Crippen LogP contribution in [0.25, 0.3) is 6.08 Å². The molecule has 3 amide bonds. The monoisotopic (exact) mass is 396 g/mol. The molecule has 8 heteroatoms. The maximum Gasteiger partial charge on any atom is 0.331 e. The van der Waals surface area contributed by atoms with Crippen molar-refractivity contribution in [3.63, 3.8) is 0 Å². The van der Waals surface area contributed by atoms with Gasteiger partial charge in [-0.1, -0.05) is 15.9 Å². The Morgan fingerprint density at radius 3 is 2.75 bits per heavy atom. The molecule has 0 spiro atoms. The average molecular weight is 397 g/mol. The summed E-state index contributed by atoms with van der Waals surface area (Å²) in [6, 6.07) is 4.90. The summed E-state index contributed by atoms with van der Waals surface area (Å²) in [6.07, 6.45) is 4.53. The number of rotatable bonds is 6. The van der Waals surface area contributed by atoms with Crippen molar-refractivity contribution in [3.8, 4) is 5.75 Å². The third-order valence-electron chi connectivity index (χ3n) is 3.10. The minimum absolute atomic E-state index is 0.142. The number of esters is 1. The van der Waals surface area contributed by atoms with Crippen molar-refractivity contribution in [1.29, 1.82) is 0 Å². The van der Waals surface area contributed by atoms with E-state index in [-0.39, 0.29) is 6.04 Å². The van der Waals surface area contributed by atoms with Crippen LogP contribution < -0.4 is 15.4 Å². The highest BCUT2D eigenvalue weighted by atomic mass is 79.9. The van der Waals surface area contributed by atoms with E-state index in [1.807, 2.05) is 6.07 Å². The van der Waals surface area contributed by atoms with Gasteiger partial charge in [0.15, 0.2) is 6.61 Å². The van der Waals surface area contributed by atoms with Gasteiger partial charge >= 0.3 is 12.0 Å². The fraction of sp³-hybridized carbons (Fsp3) is 0.312. The van der Waals surface area contributed by atoms with Gasteiger partial charge in [0.1, 0.15) is 5.75 Å². The molecular weight excluding hydrogens is 380 g/mol.